The molecule has 7 heteroatoms. The fourth-order valence-electron chi connectivity index (χ4n) is 1.57. The molecular weight excluding hydrogens is 300 g/mol. The maximum atomic E-state index is 12.0. The van der Waals surface area contributed by atoms with Gasteiger partial charge in [0.05, 0.1) is 11.5 Å². The number of halogens is 1. The van der Waals surface area contributed by atoms with Gasteiger partial charge in [-0.1, -0.05) is 0 Å². The molecule has 116 valence electrons. The lowest BCUT2D eigenvalue weighted by Crippen LogP contribution is -2.27. The van der Waals surface area contributed by atoms with Crippen LogP contribution in [0.2, 0.25) is 0 Å². The highest BCUT2D eigenvalue weighted by molar-refractivity contribution is 7.89. The summed E-state index contributed by atoms with van der Waals surface area (Å²) < 4.78 is 31.8. The predicted octanol–water partition coefficient (Wildman–Crippen LogP) is 1.74. The van der Waals surface area contributed by atoms with Crippen molar-refractivity contribution in [3.05, 3.63) is 24.3 Å². The minimum atomic E-state index is -3.41. The average Bonchev–Trinajstić information content (AvgIpc) is 2.36. The van der Waals surface area contributed by atoms with E-state index in [1.54, 1.807) is 24.3 Å². The Balaban J connectivity index is 0.00000361. The van der Waals surface area contributed by atoms with E-state index < -0.39 is 10.0 Å². The summed E-state index contributed by atoms with van der Waals surface area (Å²) in [6.07, 6.45) is 0.781. The van der Waals surface area contributed by atoms with Crippen LogP contribution in [-0.2, 0) is 10.0 Å². The molecule has 20 heavy (non-hydrogen) atoms. The molecule has 0 aliphatic carbocycles. The van der Waals surface area contributed by atoms with Crippen LogP contribution in [0, 0.1) is 0 Å². The van der Waals surface area contributed by atoms with Gasteiger partial charge in [0.25, 0.3) is 0 Å². The van der Waals surface area contributed by atoms with Crippen molar-refractivity contribution >= 4 is 22.4 Å². The number of nitrogens with zero attached hydrogens (tertiary/aromatic N) is 1. The molecule has 0 bridgehead atoms. The number of benzene rings is 1. The summed E-state index contributed by atoms with van der Waals surface area (Å²) in [5.41, 5.74) is 0. The summed E-state index contributed by atoms with van der Waals surface area (Å²) in [6.45, 7) is 3.74. The van der Waals surface area contributed by atoms with Gasteiger partial charge in [0, 0.05) is 6.54 Å². The predicted molar refractivity (Wildman–Crippen MR) is 83.2 cm³/mol. The molecule has 0 unspecified atom stereocenters. The number of nitrogens with one attached hydrogen (secondary N) is 1. The highest BCUT2D eigenvalue weighted by Crippen LogP contribution is 2.15. The van der Waals surface area contributed by atoms with Gasteiger partial charge in [-0.2, -0.15) is 0 Å². The zero-order chi connectivity index (χ0) is 14.3. The molecule has 1 aromatic rings. The third-order valence-electron chi connectivity index (χ3n) is 2.52. The van der Waals surface area contributed by atoms with Crippen molar-refractivity contribution in [1.29, 1.82) is 0 Å². The van der Waals surface area contributed by atoms with Crippen LogP contribution in [-0.4, -0.2) is 47.1 Å². The second kappa shape index (κ2) is 9.18. The SMILES string of the molecule is CCOc1ccc(S(=O)(=O)NCCCN(C)C)cc1.Cl. The molecule has 0 aliphatic rings. The topological polar surface area (TPSA) is 58.6 Å². The molecule has 0 aliphatic heterocycles. The van der Waals surface area contributed by atoms with E-state index in [1.165, 1.54) is 0 Å². The van der Waals surface area contributed by atoms with Crippen molar-refractivity contribution < 1.29 is 13.2 Å². The Morgan fingerprint density at radius 3 is 2.30 bits per heavy atom. The summed E-state index contributed by atoms with van der Waals surface area (Å²) in [7, 11) is 0.505. The Hall–Kier alpha value is -0.820. The molecule has 1 aromatic carbocycles. The maximum Gasteiger partial charge on any atom is 0.240 e. The first-order valence-electron chi connectivity index (χ1n) is 6.33. The van der Waals surface area contributed by atoms with Gasteiger partial charge in [0.1, 0.15) is 5.75 Å². The van der Waals surface area contributed by atoms with Crippen molar-refractivity contribution in [1.82, 2.24) is 9.62 Å². The molecule has 0 fully saturated rings. The maximum absolute atomic E-state index is 12.0. The first-order chi connectivity index (χ1) is 8.95. The second-order valence-corrected chi connectivity index (χ2v) is 6.23. The van der Waals surface area contributed by atoms with Gasteiger partial charge < -0.3 is 9.64 Å². The molecule has 0 radical (unpaired) electrons. The number of rotatable bonds is 8. The van der Waals surface area contributed by atoms with Gasteiger partial charge in [-0.3, -0.25) is 0 Å². The lowest BCUT2D eigenvalue weighted by atomic mass is 10.3. The zero-order valence-corrected chi connectivity index (χ0v) is 13.8. The lowest BCUT2D eigenvalue weighted by molar-refractivity contribution is 0.340. The monoisotopic (exact) mass is 322 g/mol. The van der Waals surface area contributed by atoms with Crippen LogP contribution in [0.15, 0.2) is 29.2 Å². The summed E-state index contributed by atoms with van der Waals surface area (Å²) in [4.78, 5) is 2.28. The van der Waals surface area contributed by atoms with Crippen LogP contribution in [0.1, 0.15) is 13.3 Å². The van der Waals surface area contributed by atoms with Gasteiger partial charge in [0.15, 0.2) is 0 Å². The Bertz CT molecular complexity index is 475. The van der Waals surface area contributed by atoms with Gasteiger partial charge >= 0.3 is 0 Å². The molecule has 1 rings (SSSR count). The van der Waals surface area contributed by atoms with Crippen molar-refractivity contribution in [3.8, 4) is 5.75 Å². The number of ether oxygens (including phenoxy) is 1. The van der Waals surface area contributed by atoms with Crippen LogP contribution in [0.25, 0.3) is 0 Å². The third-order valence-corrected chi connectivity index (χ3v) is 4.00. The zero-order valence-electron chi connectivity index (χ0n) is 12.1. The summed E-state index contributed by atoms with van der Waals surface area (Å²) in [6, 6.07) is 6.44. The molecule has 0 heterocycles. The van der Waals surface area contributed by atoms with E-state index in [0.29, 0.717) is 18.9 Å². The Morgan fingerprint density at radius 2 is 1.80 bits per heavy atom. The van der Waals surface area contributed by atoms with E-state index in [0.717, 1.165) is 13.0 Å². The van der Waals surface area contributed by atoms with E-state index in [1.807, 2.05) is 25.9 Å². The average molecular weight is 323 g/mol. The summed E-state index contributed by atoms with van der Waals surface area (Å²) in [5.74, 6) is 0.675. The molecule has 5 nitrogen and oxygen atoms in total. The van der Waals surface area contributed by atoms with Crippen LogP contribution in [0.4, 0.5) is 0 Å². The number of sulfonamides is 1. The quantitative estimate of drug-likeness (QED) is 0.741. The van der Waals surface area contributed by atoms with E-state index in [4.69, 9.17) is 4.74 Å². The van der Waals surface area contributed by atoms with Gasteiger partial charge in [-0.15, -0.1) is 12.4 Å². The van der Waals surface area contributed by atoms with E-state index in [-0.39, 0.29) is 17.3 Å². The van der Waals surface area contributed by atoms with Crippen molar-refractivity contribution in [2.45, 2.75) is 18.2 Å². The normalized spacial score (nSPS) is 11.2. The Morgan fingerprint density at radius 1 is 1.20 bits per heavy atom. The largest absolute Gasteiger partial charge is 0.494 e. The third kappa shape index (κ3) is 6.56. The molecular formula is C13H23ClN2O3S. The molecule has 0 atom stereocenters. The van der Waals surface area contributed by atoms with Crippen LogP contribution >= 0.6 is 12.4 Å². The summed E-state index contributed by atoms with van der Waals surface area (Å²) >= 11 is 0. The highest BCUT2D eigenvalue weighted by atomic mass is 35.5. The number of hydrogen-bond donors (Lipinski definition) is 1. The van der Waals surface area contributed by atoms with Crippen molar-refractivity contribution in [2.75, 3.05) is 33.8 Å². The van der Waals surface area contributed by atoms with Crippen molar-refractivity contribution in [2.24, 2.45) is 0 Å². The molecule has 0 saturated heterocycles. The van der Waals surface area contributed by atoms with E-state index >= 15 is 0 Å². The van der Waals surface area contributed by atoms with Crippen LogP contribution < -0.4 is 9.46 Å². The fraction of sp³-hybridized carbons (Fsp3) is 0.538. The molecule has 0 saturated carbocycles. The Labute approximate surface area is 127 Å². The van der Waals surface area contributed by atoms with Gasteiger partial charge in [0.2, 0.25) is 10.0 Å². The first-order valence-corrected chi connectivity index (χ1v) is 7.81. The standard InChI is InChI=1S/C13H22N2O3S.ClH/c1-4-18-12-6-8-13(9-7-12)19(16,17)14-10-5-11-15(2)3;/h6-9,14H,4-5,10-11H2,1-3H3;1H. The summed E-state index contributed by atoms with van der Waals surface area (Å²) in [5, 5.41) is 0. The molecule has 1 N–H and O–H groups in total. The van der Waals surface area contributed by atoms with Crippen LogP contribution in [0.5, 0.6) is 5.75 Å². The van der Waals surface area contributed by atoms with E-state index in [2.05, 4.69) is 4.72 Å². The highest BCUT2D eigenvalue weighted by Gasteiger charge is 2.12. The number of hydrogen-bond acceptors (Lipinski definition) is 4. The van der Waals surface area contributed by atoms with Crippen LogP contribution in [0.3, 0.4) is 0 Å². The van der Waals surface area contributed by atoms with Crippen molar-refractivity contribution in [3.63, 3.8) is 0 Å². The minimum Gasteiger partial charge on any atom is -0.494 e. The molecule has 0 spiro atoms. The lowest BCUT2D eigenvalue weighted by Gasteiger charge is -2.10. The molecule has 0 amide bonds. The first kappa shape index (κ1) is 19.2. The van der Waals surface area contributed by atoms with Gasteiger partial charge in [-0.25, -0.2) is 13.1 Å². The van der Waals surface area contributed by atoms with Gasteiger partial charge in [-0.05, 0) is 58.3 Å². The molecule has 0 aromatic heterocycles. The minimum absolute atomic E-state index is 0. The Kier molecular flexibility index (Phi) is 8.80. The smallest absolute Gasteiger partial charge is 0.240 e. The second-order valence-electron chi connectivity index (χ2n) is 4.46. The van der Waals surface area contributed by atoms with E-state index in [9.17, 15) is 8.42 Å². The fourth-order valence-corrected chi connectivity index (χ4v) is 2.64.